The van der Waals surface area contributed by atoms with Gasteiger partial charge >= 0.3 is 7.12 Å². The summed E-state index contributed by atoms with van der Waals surface area (Å²) in [6.45, 7) is 0. The van der Waals surface area contributed by atoms with Gasteiger partial charge in [0.15, 0.2) is 0 Å². The van der Waals surface area contributed by atoms with E-state index in [1.807, 2.05) is 60.7 Å². The molecule has 2 atom stereocenters. The molecule has 4 aromatic rings. The van der Waals surface area contributed by atoms with Crippen molar-refractivity contribution < 1.29 is 19.2 Å². The molecule has 0 spiro atoms. The maximum absolute atomic E-state index is 11.3. The molecule has 0 aliphatic carbocycles. The van der Waals surface area contributed by atoms with E-state index in [0.717, 1.165) is 22.2 Å². The van der Waals surface area contributed by atoms with Crippen molar-refractivity contribution >= 4 is 31.9 Å². The molecular weight excluding hydrogens is 490 g/mol. The summed E-state index contributed by atoms with van der Waals surface area (Å²) in [4.78, 5) is 21.7. The number of hydrogen-bond acceptors (Lipinski definition) is 6. The number of hydrogen-bond donors (Lipinski definition) is 0. The molecule has 1 heterocycles. The summed E-state index contributed by atoms with van der Waals surface area (Å²) in [6, 6.07) is 32.5. The Balaban J connectivity index is 1.60. The second-order valence-corrected chi connectivity index (χ2v) is 10.9. The Labute approximate surface area is 215 Å². The van der Waals surface area contributed by atoms with Crippen molar-refractivity contribution in [1.29, 1.82) is 0 Å². The Morgan fingerprint density at radius 1 is 0.649 bits per heavy atom. The lowest BCUT2D eigenvalue weighted by atomic mass is 9.78. The normalized spacial score (nSPS) is 19.4. The van der Waals surface area contributed by atoms with E-state index < -0.39 is 36.6 Å². The zero-order valence-electron chi connectivity index (χ0n) is 19.6. The lowest BCUT2D eigenvalue weighted by Crippen LogP contribution is -2.42. The van der Waals surface area contributed by atoms with Crippen LogP contribution in [0.2, 0.25) is 0 Å². The summed E-state index contributed by atoms with van der Waals surface area (Å²) in [6.07, 6.45) is 0.668. The van der Waals surface area contributed by atoms with Gasteiger partial charge in [-0.2, -0.15) is 0 Å². The van der Waals surface area contributed by atoms with Crippen LogP contribution < -0.4 is 5.46 Å². The molecule has 1 saturated heterocycles. The fourth-order valence-corrected chi connectivity index (χ4v) is 7.19. The predicted octanol–water partition coefficient (Wildman–Crippen LogP) is 6.32. The Morgan fingerprint density at radius 3 is 1.51 bits per heavy atom. The zero-order valence-corrected chi connectivity index (χ0v) is 20.5. The summed E-state index contributed by atoms with van der Waals surface area (Å²) in [5.41, 5.74) is 3.62. The lowest BCUT2D eigenvalue weighted by Gasteiger charge is -2.42. The maximum atomic E-state index is 11.3. The molecule has 5 rings (SSSR count). The van der Waals surface area contributed by atoms with Crippen LogP contribution in [0.4, 0.5) is 11.4 Å². The number of nitro groups is 2. The molecule has 4 aromatic carbocycles. The third kappa shape index (κ3) is 5.59. The molecule has 1 aliphatic rings. The fourth-order valence-electron chi connectivity index (χ4n) is 4.33. The van der Waals surface area contributed by atoms with Crippen molar-refractivity contribution in [2.24, 2.45) is 0 Å². The van der Waals surface area contributed by atoms with Crippen molar-refractivity contribution in [3.05, 3.63) is 146 Å². The molecule has 184 valence electrons. The summed E-state index contributed by atoms with van der Waals surface area (Å²) in [5, 5.41) is 22.5. The molecule has 2 unspecified atom stereocenters. The van der Waals surface area contributed by atoms with E-state index in [2.05, 4.69) is 0 Å². The predicted molar refractivity (Wildman–Crippen MR) is 143 cm³/mol. The molecule has 10 heteroatoms. The second kappa shape index (κ2) is 11.0. The quantitative estimate of drug-likeness (QED) is 0.124. The van der Waals surface area contributed by atoms with Crippen LogP contribution in [0.15, 0.2) is 109 Å². The van der Waals surface area contributed by atoms with Gasteiger partial charge in [0.1, 0.15) is 0 Å². The summed E-state index contributed by atoms with van der Waals surface area (Å²) in [7, 11) is -1.76. The van der Waals surface area contributed by atoms with Crippen LogP contribution in [0.3, 0.4) is 0 Å². The molecule has 37 heavy (non-hydrogen) atoms. The summed E-state index contributed by atoms with van der Waals surface area (Å²) >= 11 is 0. The monoisotopic (exact) mass is 512 g/mol. The van der Waals surface area contributed by atoms with Crippen molar-refractivity contribution in [2.75, 3.05) is 0 Å². The molecule has 0 amide bonds. The number of nitro benzene ring substituents is 2. The lowest BCUT2D eigenvalue weighted by molar-refractivity contribution is -0.385. The minimum absolute atomic E-state index is 0.00900. The molecule has 0 aromatic heterocycles. The smallest absolute Gasteiger partial charge is 0.396 e. The van der Waals surface area contributed by atoms with Crippen molar-refractivity contribution in [3.8, 4) is 0 Å². The fraction of sp³-hybridized carbons (Fsp3) is 0.111. The van der Waals surface area contributed by atoms with Crippen LogP contribution in [0, 0.1) is 20.2 Å². The van der Waals surface area contributed by atoms with Crippen LogP contribution in [0.25, 0.3) is 0 Å². The van der Waals surface area contributed by atoms with E-state index in [4.69, 9.17) is 9.31 Å². The molecule has 0 radical (unpaired) electrons. The van der Waals surface area contributed by atoms with Crippen LogP contribution >= 0.6 is 7.92 Å². The Bertz CT molecular complexity index is 1310. The van der Waals surface area contributed by atoms with Gasteiger partial charge in [-0.1, -0.05) is 60.7 Å². The van der Waals surface area contributed by atoms with Gasteiger partial charge in [-0.05, 0) is 60.5 Å². The number of non-ortho nitro benzene ring substituents is 2. The molecule has 0 saturated carbocycles. The molecule has 0 N–H and O–H groups in total. The third-order valence-electron chi connectivity index (χ3n) is 6.17. The van der Waals surface area contributed by atoms with Crippen molar-refractivity contribution in [2.45, 2.75) is 17.9 Å². The molecule has 0 bridgehead atoms. The summed E-state index contributed by atoms with van der Waals surface area (Å²) < 4.78 is 13.2. The minimum atomic E-state index is -1.08. The number of rotatable bonds is 7. The van der Waals surface area contributed by atoms with Gasteiger partial charge in [0.2, 0.25) is 0 Å². The van der Waals surface area contributed by atoms with E-state index in [-0.39, 0.29) is 11.4 Å². The van der Waals surface area contributed by atoms with E-state index in [1.165, 1.54) is 24.3 Å². The highest BCUT2D eigenvalue weighted by molar-refractivity contribution is 7.57. The van der Waals surface area contributed by atoms with Crippen LogP contribution in [0.5, 0.6) is 0 Å². The first-order valence-electron chi connectivity index (χ1n) is 11.6. The molecule has 8 nitrogen and oxygen atoms in total. The van der Waals surface area contributed by atoms with Gasteiger partial charge in [0, 0.05) is 24.3 Å². The average molecular weight is 512 g/mol. The average Bonchev–Trinajstić information content (AvgIpc) is 2.94. The minimum Gasteiger partial charge on any atom is -0.396 e. The highest BCUT2D eigenvalue weighted by atomic mass is 31.1. The Kier molecular flexibility index (Phi) is 7.37. The number of benzene rings is 4. The highest BCUT2D eigenvalue weighted by Gasteiger charge is 2.44. The third-order valence-corrected chi connectivity index (χ3v) is 8.94. The first-order chi connectivity index (χ1) is 18.0. The van der Waals surface area contributed by atoms with E-state index >= 15 is 0 Å². The van der Waals surface area contributed by atoms with Gasteiger partial charge in [-0.3, -0.25) is 20.2 Å². The Hall–Kier alpha value is -3.91. The van der Waals surface area contributed by atoms with Gasteiger partial charge in [-0.25, -0.2) is 0 Å². The van der Waals surface area contributed by atoms with Crippen LogP contribution in [-0.4, -0.2) is 17.0 Å². The van der Waals surface area contributed by atoms with Gasteiger partial charge in [0.25, 0.3) is 11.4 Å². The standard InChI is InChI=1S/C27H22BN2O6P/c31-29(32)24-15-11-21(12-16-24)26-35-28(23-9-5-2-6-10-23)36-27(22-13-17-25(18-14-22)30(33)34)37(26)19-20-7-3-1-4-8-20/h1-18,26-27H,19H2. The van der Waals surface area contributed by atoms with Gasteiger partial charge in [-0.15, -0.1) is 0 Å². The van der Waals surface area contributed by atoms with Crippen molar-refractivity contribution in [3.63, 3.8) is 0 Å². The van der Waals surface area contributed by atoms with E-state index in [9.17, 15) is 20.2 Å². The van der Waals surface area contributed by atoms with Gasteiger partial charge in [0.05, 0.1) is 21.5 Å². The van der Waals surface area contributed by atoms with E-state index in [1.54, 1.807) is 24.3 Å². The topological polar surface area (TPSA) is 105 Å². The highest BCUT2D eigenvalue weighted by Crippen LogP contribution is 2.67. The summed E-state index contributed by atoms with van der Waals surface area (Å²) in [5.74, 6) is -0.787. The number of nitrogens with zero attached hydrogens (tertiary/aromatic N) is 2. The van der Waals surface area contributed by atoms with E-state index in [0.29, 0.717) is 6.16 Å². The molecular formula is C27H22BN2O6P. The molecule has 1 aliphatic heterocycles. The molecule has 1 fully saturated rings. The van der Waals surface area contributed by atoms with Crippen molar-refractivity contribution in [1.82, 2.24) is 0 Å². The Morgan fingerprint density at radius 2 is 1.08 bits per heavy atom. The zero-order chi connectivity index (χ0) is 25.8. The largest absolute Gasteiger partial charge is 0.495 e. The van der Waals surface area contributed by atoms with Crippen LogP contribution in [0.1, 0.15) is 28.4 Å². The SMILES string of the molecule is O=[N+]([O-])c1ccc(C2OB(c3ccccc3)OC(c3ccc([N+](=O)[O-])cc3)P2Cc2ccccc2)cc1. The van der Waals surface area contributed by atoms with Gasteiger partial charge < -0.3 is 9.31 Å². The second-order valence-electron chi connectivity index (χ2n) is 8.57. The maximum Gasteiger partial charge on any atom is 0.495 e. The first-order valence-corrected chi connectivity index (χ1v) is 13.3. The van der Waals surface area contributed by atoms with Crippen LogP contribution in [-0.2, 0) is 15.5 Å². The first kappa shape index (κ1) is 24.8.